The van der Waals surface area contributed by atoms with Gasteiger partial charge in [0, 0.05) is 11.6 Å². The van der Waals surface area contributed by atoms with Gasteiger partial charge in [0.15, 0.2) is 6.61 Å². The van der Waals surface area contributed by atoms with Crippen molar-refractivity contribution < 1.29 is 22.1 Å². The molecule has 0 spiro atoms. The van der Waals surface area contributed by atoms with Crippen molar-refractivity contribution in [2.75, 3.05) is 12.9 Å². The molecule has 1 atom stereocenters. The Bertz CT molecular complexity index is 618. The molecular formula is C13H11F3O2S. The summed E-state index contributed by atoms with van der Waals surface area (Å²) in [5.41, 5.74) is 0. The summed E-state index contributed by atoms with van der Waals surface area (Å²) < 4.78 is 53.1. The van der Waals surface area contributed by atoms with E-state index in [2.05, 4.69) is 0 Å². The van der Waals surface area contributed by atoms with E-state index in [1.165, 1.54) is 12.3 Å². The number of benzene rings is 2. The first-order chi connectivity index (χ1) is 8.88. The molecule has 0 radical (unpaired) electrons. The van der Waals surface area contributed by atoms with Gasteiger partial charge in [0.2, 0.25) is 0 Å². The molecule has 0 aromatic heterocycles. The molecule has 0 aliphatic carbocycles. The molecule has 102 valence electrons. The number of hydrogen-bond donors (Lipinski definition) is 0. The molecule has 0 bridgehead atoms. The number of rotatable bonds is 3. The average Bonchev–Trinajstić information content (AvgIpc) is 2.34. The van der Waals surface area contributed by atoms with Crippen LogP contribution in [0, 0.1) is 0 Å². The van der Waals surface area contributed by atoms with Gasteiger partial charge in [-0.25, -0.2) is 0 Å². The van der Waals surface area contributed by atoms with Crippen molar-refractivity contribution in [3.05, 3.63) is 36.4 Å². The lowest BCUT2D eigenvalue weighted by atomic mass is 10.1. The summed E-state index contributed by atoms with van der Waals surface area (Å²) in [6.45, 7) is -1.36. The number of fused-ring (bicyclic) bond motifs is 1. The van der Waals surface area contributed by atoms with Crippen LogP contribution in [0.3, 0.4) is 0 Å². The summed E-state index contributed by atoms with van der Waals surface area (Å²) in [5, 5.41) is 1.17. The highest BCUT2D eigenvalue weighted by atomic mass is 32.2. The fourth-order valence-electron chi connectivity index (χ4n) is 1.79. The first-order valence-electron chi connectivity index (χ1n) is 5.43. The molecule has 0 aliphatic rings. The number of halogens is 3. The second-order valence-electron chi connectivity index (χ2n) is 3.97. The largest absolute Gasteiger partial charge is 0.483 e. The van der Waals surface area contributed by atoms with E-state index in [-0.39, 0.29) is 5.75 Å². The molecule has 0 heterocycles. The molecule has 0 amide bonds. The highest BCUT2D eigenvalue weighted by Crippen LogP contribution is 2.31. The van der Waals surface area contributed by atoms with Gasteiger partial charge in [-0.15, -0.1) is 0 Å². The fraction of sp³-hybridized carbons (Fsp3) is 0.231. The minimum atomic E-state index is -4.40. The maximum atomic E-state index is 12.2. The lowest BCUT2D eigenvalue weighted by Gasteiger charge is -2.13. The Morgan fingerprint density at radius 3 is 2.37 bits per heavy atom. The van der Waals surface area contributed by atoms with E-state index >= 15 is 0 Å². The lowest BCUT2D eigenvalue weighted by Crippen LogP contribution is -2.19. The molecule has 2 aromatic carbocycles. The van der Waals surface area contributed by atoms with E-state index in [0.29, 0.717) is 15.7 Å². The molecule has 2 nitrogen and oxygen atoms in total. The summed E-state index contributed by atoms with van der Waals surface area (Å²) >= 11 is 0. The molecule has 2 aromatic rings. The van der Waals surface area contributed by atoms with Gasteiger partial charge in [-0.1, -0.05) is 24.3 Å². The van der Waals surface area contributed by atoms with Crippen LogP contribution < -0.4 is 4.74 Å². The second-order valence-corrected chi connectivity index (χ2v) is 5.32. The Hall–Kier alpha value is -1.56. The van der Waals surface area contributed by atoms with Crippen LogP contribution in [0.4, 0.5) is 13.2 Å². The number of hydrogen-bond acceptors (Lipinski definition) is 2. The molecular weight excluding hydrogens is 277 g/mol. The van der Waals surface area contributed by atoms with Crippen LogP contribution in [-0.4, -0.2) is 23.2 Å². The molecule has 0 saturated heterocycles. The summed E-state index contributed by atoms with van der Waals surface area (Å²) in [7, 11) is -1.30. The predicted octanol–water partition coefficient (Wildman–Crippen LogP) is 3.52. The van der Waals surface area contributed by atoms with Crippen LogP contribution in [0.5, 0.6) is 5.75 Å². The minimum absolute atomic E-state index is 0.0978. The lowest BCUT2D eigenvalue weighted by molar-refractivity contribution is -0.153. The van der Waals surface area contributed by atoms with Crippen LogP contribution >= 0.6 is 0 Å². The summed E-state index contributed by atoms with van der Waals surface area (Å²) in [5.74, 6) is 0.0978. The van der Waals surface area contributed by atoms with Gasteiger partial charge in [-0.3, -0.25) is 4.21 Å². The Balaban J connectivity index is 2.51. The van der Waals surface area contributed by atoms with Crippen molar-refractivity contribution in [1.82, 2.24) is 0 Å². The zero-order valence-corrected chi connectivity index (χ0v) is 10.8. The van der Waals surface area contributed by atoms with E-state index in [0.717, 1.165) is 0 Å². The molecule has 2 rings (SSSR count). The van der Waals surface area contributed by atoms with Crippen LogP contribution in [-0.2, 0) is 10.8 Å². The van der Waals surface area contributed by atoms with Crippen molar-refractivity contribution in [2.45, 2.75) is 11.1 Å². The fourth-order valence-corrected chi connectivity index (χ4v) is 2.57. The van der Waals surface area contributed by atoms with Gasteiger partial charge in [0.1, 0.15) is 5.75 Å². The maximum Gasteiger partial charge on any atom is 0.422 e. The minimum Gasteiger partial charge on any atom is -0.483 e. The Kier molecular flexibility index (Phi) is 3.80. The first-order valence-corrected chi connectivity index (χ1v) is 6.99. The van der Waals surface area contributed by atoms with Crippen molar-refractivity contribution in [2.24, 2.45) is 0 Å². The maximum absolute atomic E-state index is 12.2. The Labute approximate surface area is 110 Å². The van der Waals surface area contributed by atoms with Crippen molar-refractivity contribution >= 4 is 21.6 Å². The standard InChI is InChI=1S/C13H11F3O2S/c1-19(17)11-7-3-5-9-4-2-6-10(12(9)11)18-8-13(14,15)16/h2-7H,8H2,1H3. The van der Waals surface area contributed by atoms with Gasteiger partial charge >= 0.3 is 6.18 Å². The van der Waals surface area contributed by atoms with E-state index in [9.17, 15) is 17.4 Å². The van der Waals surface area contributed by atoms with Gasteiger partial charge in [0.05, 0.1) is 15.7 Å². The molecule has 0 saturated carbocycles. The van der Waals surface area contributed by atoms with Crippen molar-refractivity contribution in [1.29, 1.82) is 0 Å². The van der Waals surface area contributed by atoms with E-state index in [1.54, 1.807) is 30.3 Å². The topological polar surface area (TPSA) is 26.3 Å². The summed E-state index contributed by atoms with van der Waals surface area (Å²) in [6, 6.07) is 9.88. The molecule has 19 heavy (non-hydrogen) atoms. The second kappa shape index (κ2) is 5.21. The van der Waals surface area contributed by atoms with Gasteiger partial charge < -0.3 is 4.74 Å². The van der Waals surface area contributed by atoms with Crippen LogP contribution in [0.25, 0.3) is 10.8 Å². The summed E-state index contributed by atoms with van der Waals surface area (Å²) in [6.07, 6.45) is -2.92. The highest BCUT2D eigenvalue weighted by molar-refractivity contribution is 7.84. The number of ether oxygens (including phenoxy) is 1. The molecule has 1 unspecified atom stereocenters. The number of alkyl halides is 3. The predicted molar refractivity (Wildman–Crippen MR) is 67.8 cm³/mol. The third-order valence-corrected chi connectivity index (χ3v) is 3.49. The molecule has 0 aliphatic heterocycles. The van der Waals surface area contributed by atoms with E-state index < -0.39 is 23.6 Å². The van der Waals surface area contributed by atoms with E-state index in [4.69, 9.17) is 4.74 Å². The third kappa shape index (κ3) is 3.26. The van der Waals surface area contributed by atoms with E-state index in [1.807, 2.05) is 0 Å². The normalized spacial score (nSPS) is 13.5. The molecule has 0 fully saturated rings. The zero-order valence-electron chi connectivity index (χ0n) is 10.0. The monoisotopic (exact) mass is 288 g/mol. The Morgan fingerprint density at radius 2 is 1.79 bits per heavy atom. The van der Waals surface area contributed by atoms with Gasteiger partial charge in [-0.05, 0) is 17.5 Å². The highest BCUT2D eigenvalue weighted by Gasteiger charge is 2.28. The van der Waals surface area contributed by atoms with Crippen molar-refractivity contribution in [3.8, 4) is 5.75 Å². The van der Waals surface area contributed by atoms with Crippen LogP contribution in [0.2, 0.25) is 0 Å². The molecule has 6 heteroatoms. The Morgan fingerprint density at radius 1 is 1.16 bits per heavy atom. The average molecular weight is 288 g/mol. The third-order valence-electron chi connectivity index (χ3n) is 2.53. The zero-order chi connectivity index (χ0) is 14.0. The molecule has 0 N–H and O–H groups in total. The SMILES string of the molecule is CS(=O)c1cccc2cccc(OCC(F)(F)F)c12. The smallest absolute Gasteiger partial charge is 0.422 e. The van der Waals surface area contributed by atoms with Crippen LogP contribution in [0.1, 0.15) is 0 Å². The van der Waals surface area contributed by atoms with Crippen molar-refractivity contribution in [3.63, 3.8) is 0 Å². The summed E-state index contributed by atoms with van der Waals surface area (Å²) in [4.78, 5) is 0.468. The van der Waals surface area contributed by atoms with Gasteiger partial charge in [-0.2, -0.15) is 13.2 Å². The van der Waals surface area contributed by atoms with Gasteiger partial charge in [0.25, 0.3) is 0 Å². The first kappa shape index (κ1) is 13.9. The quantitative estimate of drug-likeness (QED) is 0.864. The van der Waals surface area contributed by atoms with Crippen LogP contribution in [0.15, 0.2) is 41.3 Å².